The predicted octanol–water partition coefficient (Wildman–Crippen LogP) is 4.93. The normalized spacial score (nSPS) is 11.0. The number of Topliss-reactive ketones (excluding diaryl/α,β-unsaturated/α-hetero) is 1. The third-order valence-corrected chi connectivity index (χ3v) is 3.87. The van der Waals surface area contributed by atoms with Crippen molar-refractivity contribution < 1.29 is 9.21 Å². The first-order valence-corrected chi connectivity index (χ1v) is 7.36. The summed E-state index contributed by atoms with van der Waals surface area (Å²) in [6.45, 7) is 1.56. The number of ketones is 1. The van der Waals surface area contributed by atoms with Gasteiger partial charge in [-0.05, 0) is 43.3 Å². The topological polar surface area (TPSA) is 55.1 Å². The van der Waals surface area contributed by atoms with Gasteiger partial charge in [-0.3, -0.25) is 4.79 Å². The number of nitrogens with one attached hydrogen (secondary N) is 1. The quantitative estimate of drug-likeness (QED) is 0.545. The monoisotopic (exact) mass is 302 g/mol. The van der Waals surface area contributed by atoms with Crippen molar-refractivity contribution in [2.45, 2.75) is 6.92 Å². The summed E-state index contributed by atoms with van der Waals surface area (Å²) in [7, 11) is 0. The molecule has 0 saturated carbocycles. The Kier molecular flexibility index (Phi) is 3.08. The minimum atomic E-state index is 0.0585. The van der Waals surface area contributed by atoms with Crippen molar-refractivity contribution in [3.63, 3.8) is 0 Å². The van der Waals surface area contributed by atoms with Crippen LogP contribution in [0.2, 0.25) is 0 Å². The molecule has 0 fully saturated rings. The fourth-order valence-corrected chi connectivity index (χ4v) is 2.68. The maximum atomic E-state index is 11.4. The molecule has 0 radical (unpaired) electrons. The van der Waals surface area contributed by atoms with Gasteiger partial charge in [0.05, 0.1) is 22.9 Å². The molecule has 0 saturated heterocycles. The largest absolute Gasteiger partial charge is 0.446 e. The lowest BCUT2D eigenvalue weighted by Gasteiger charge is -2.11. The Balaban J connectivity index is 1.85. The molecular formula is C19H14N2O2. The summed E-state index contributed by atoms with van der Waals surface area (Å²) in [6.07, 6.45) is 1.64. The van der Waals surface area contributed by atoms with Crippen LogP contribution in [0.3, 0.4) is 0 Å². The highest BCUT2D eigenvalue weighted by molar-refractivity contribution is 6.07. The molecule has 4 rings (SSSR count). The van der Waals surface area contributed by atoms with Gasteiger partial charge in [-0.25, -0.2) is 4.98 Å². The van der Waals surface area contributed by atoms with Gasteiger partial charge in [0.1, 0.15) is 0 Å². The molecule has 0 atom stereocenters. The molecule has 23 heavy (non-hydrogen) atoms. The van der Waals surface area contributed by atoms with Gasteiger partial charge in [-0.1, -0.05) is 18.2 Å². The zero-order valence-corrected chi connectivity index (χ0v) is 12.5. The molecule has 0 aliphatic heterocycles. The van der Waals surface area contributed by atoms with Gasteiger partial charge >= 0.3 is 0 Å². The Morgan fingerprint density at radius 3 is 2.57 bits per heavy atom. The molecule has 0 aliphatic rings. The van der Waals surface area contributed by atoms with Crippen LogP contribution >= 0.6 is 0 Å². The van der Waals surface area contributed by atoms with Gasteiger partial charge in [0, 0.05) is 16.6 Å². The lowest BCUT2D eigenvalue weighted by molar-refractivity contribution is 0.101. The summed E-state index contributed by atoms with van der Waals surface area (Å²) < 4.78 is 5.46. The van der Waals surface area contributed by atoms with E-state index in [-0.39, 0.29) is 5.78 Å². The summed E-state index contributed by atoms with van der Waals surface area (Å²) in [6, 6.07) is 17.3. The Labute approximate surface area is 132 Å². The second-order valence-electron chi connectivity index (χ2n) is 5.40. The SMILES string of the molecule is CC(=O)c1ccc(Nc2c3ccccc3nc3occc23)cc1. The number of benzene rings is 2. The molecule has 4 aromatic rings. The van der Waals surface area contributed by atoms with Gasteiger partial charge in [-0.15, -0.1) is 0 Å². The van der Waals surface area contributed by atoms with Crippen LogP contribution in [0.4, 0.5) is 11.4 Å². The zero-order valence-electron chi connectivity index (χ0n) is 12.5. The number of anilines is 2. The summed E-state index contributed by atoms with van der Waals surface area (Å²) in [5, 5.41) is 5.39. The number of hydrogen-bond donors (Lipinski definition) is 1. The number of hydrogen-bond acceptors (Lipinski definition) is 4. The van der Waals surface area contributed by atoms with E-state index in [2.05, 4.69) is 10.3 Å². The molecule has 112 valence electrons. The van der Waals surface area contributed by atoms with Gasteiger partial charge in [-0.2, -0.15) is 0 Å². The van der Waals surface area contributed by atoms with Crippen LogP contribution in [0.1, 0.15) is 17.3 Å². The van der Waals surface area contributed by atoms with E-state index in [1.165, 1.54) is 0 Å². The highest BCUT2D eigenvalue weighted by Crippen LogP contribution is 2.33. The number of furan rings is 1. The van der Waals surface area contributed by atoms with E-state index in [4.69, 9.17) is 4.42 Å². The summed E-state index contributed by atoms with van der Waals surface area (Å²) >= 11 is 0. The van der Waals surface area contributed by atoms with E-state index < -0.39 is 0 Å². The molecule has 2 heterocycles. The highest BCUT2D eigenvalue weighted by atomic mass is 16.3. The van der Waals surface area contributed by atoms with Crippen LogP contribution in [0.15, 0.2) is 65.3 Å². The summed E-state index contributed by atoms with van der Waals surface area (Å²) in [5.74, 6) is 0.0585. The minimum absolute atomic E-state index is 0.0585. The van der Waals surface area contributed by atoms with Crippen LogP contribution in [-0.4, -0.2) is 10.8 Å². The van der Waals surface area contributed by atoms with Crippen molar-refractivity contribution in [3.8, 4) is 0 Å². The minimum Gasteiger partial charge on any atom is -0.446 e. The predicted molar refractivity (Wildman–Crippen MR) is 91.2 cm³/mol. The van der Waals surface area contributed by atoms with E-state index in [0.29, 0.717) is 11.3 Å². The molecule has 2 aromatic heterocycles. The third kappa shape index (κ3) is 2.34. The van der Waals surface area contributed by atoms with Crippen molar-refractivity contribution in [1.29, 1.82) is 0 Å². The molecule has 0 unspecified atom stereocenters. The molecule has 1 N–H and O–H groups in total. The third-order valence-electron chi connectivity index (χ3n) is 3.87. The van der Waals surface area contributed by atoms with Crippen molar-refractivity contribution in [1.82, 2.24) is 4.98 Å². The maximum absolute atomic E-state index is 11.4. The number of nitrogens with zero attached hydrogens (tertiary/aromatic N) is 1. The van der Waals surface area contributed by atoms with Crippen LogP contribution in [0.5, 0.6) is 0 Å². The fraction of sp³-hybridized carbons (Fsp3) is 0.0526. The summed E-state index contributed by atoms with van der Waals surface area (Å²) in [4.78, 5) is 15.9. The molecular weight excluding hydrogens is 288 g/mol. The maximum Gasteiger partial charge on any atom is 0.228 e. The smallest absolute Gasteiger partial charge is 0.228 e. The van der Waals surface area contributed by atoms with E-state index >= 15 is 0 Å². The standard InChI is InChI=1S/C19H14N2O2/c1-12(22)13-6-8-14(9-7-13)20-18-15-4-2-3-5-17(15)21-19-16(18)10-11-23-19/h2-11H,1H3,(H,20,21). The van der Waals surface area contributed by atoms with Crippen LogP contribution < -0.4 is 5.32 Å². The van der Waals surface area contributed by atoms with Crippen LogP contribution in [0, 0.1) is 0 Å². The number of fused-ring (bicyclic) bond motifs is 2. The van der Waals surface area contributed by atoms with E-state index in [1.807, 2.05) is 54.6 Å². The molecule has 0 aliphatic carbocycles. The number of aromatic nitrogens is 1. The van der Waals surface area contributed by atoms with E-state index in [1.54, 1.807) is 13.2 Å². The van der Waals surface area contributed by atoms with Crippen molar-refractivity contribution >= 4 is 39.2 Å². The molecule has 0 amide bonds. The Morgan fingerprint density at radius 2 is 1.78 bits per heavy atom. The zero-order chi connectivity index (χ0) is 15.8. The van der Waals surface area contributed by atoms with Gasteiger partial charge in [0.2, 0.25) is 5.71 Å². The second-order valence-corrected chi connectivity index (χ2v) is 5.40. The Morgan fingerprint density at radius 1 is 1.00 bits per heavy atom. The number of pyridine rings is 1. The van der Waals surface area contributed by atoms with E-state index in [0.717, 1.165) is 27.7 Å². The number of rotatable bonds is 3. The van der Waals surface area contributed by atoms with Gasteiger partial charge in [0.25, 0.3) is 0 Å². The van der Waals surface area contributed by atoms with Crippen molar-refractivity contribution in [2.24, 2.45) is 0 Å². The first-order valence-electron chi connectivity index (χ1n) is 7.36. The number of para-hydroxylation sites is 1. The average Bonchev–Trinajstić information content (AvgIpc) is 3.03. The fourth-order valence-electron chi connectivity index (χ4n) is 2.68. The second kappa shape index (κ2) is 5.25. The van der Waals surface area contributed by atoms with Gasteiger partial charge in [0.15, 0.2) is 5.78 Å². The van der Waals surface area contributed by atoms with Crippen LogP contribution in [0.25, 0.3) is 22.0 Å². The summed E-state index contributed by atoms with van der Waals surface area (Å²) in [5.41, 5.74) is 4.04. The Bertz CT molecular complexity index is 1020. The lowest BCUT2D eigenvalue weighted by Crippen LogP contribution is -1.96. The van der Waals surface area contributed by atoms with Gasteiger partial charge < -0.3 is 9.73 Å². The van der Waals surface area contributed by atoms with Crippen LogP contribution in [-0.2, 0) is 0 Å². The molecule has 0 spiro atoms. The van der Waals surface area contributed by atoms with Crippen molar-refractivity contribution in [2.75, 3.05) is 5.32 Å². The number of carbonyl (C=O) groups excluding carboxylic acids is 1. The molecule has 4 heteroatoms. The molecule has 0 bridgehead atoms. The highest BCUT2D eigenvalue weighted by Gasteiger charge is 2.11. The average molecular weight is 302 g/mol. The van der Waals surface area contributed by atoms with Crippen molar-refractivity contribution in [3.05, 3.63) is 66.4 Å². The Hall–Kier alpha value is -3.14. The molecule has 4 nitrogen and oxygen atoms in total. The first kappa shape index (κ1) is 13.5. The molecule has 2 aromatic carbocycles. The lowest BCUT2D eigenvalue weighted by atomic mass is 10.1. The number of carbonyl (C=O) groups is 1. The first-order chi connectivity index (χ1) is 11.2. The van der Waals surface area contributed by atoms with E-state index in [9.17, 15) is 4.79 Å².